The highest BCUT2D eigenvalue weighted by Gasteiger charge is 2.07. The van der Waals surface area contributed by atoms with Gasteiger partial charge in [-0.25, -0.2) is 4.39 Å². The van der Waals surface area contributed by atoms with Crippen molar-refractivity contribution in [3.8, 4) is 0 Å². The molecule has 0 aliphatic carbocycles. The quantitative estimate of drug-likeness (QED) is 0.851. The van der Waals surface area contributed by atoms with Crippen LogP contribution in [-0.2, 0) is 6.42 Å². The highest BCUT2D eigenvalue weighted by molar-refractivity contribution is 6.33. The third kappa shape index (κ3) is 3.48. The number of carbonyl (C=O) groups excluding carboxylic acids is 1. The number of rotatable bonds is 4. The Morgan fingerprint density at radius 2 is 2.00 bits per heavy atom. The van der Waals surface area contributed by atoms with Crippen molar-refractivity contribution in [2.75, 3.05) is 12.3 Å². The average Bonchev–Trinajstić information content (AvgIpc) is 2.44. The van der Waals surface area contributed by atoms with Crippen LogP contribution in [0.4, 0.5) is 10.1 Å². The fourth-order valence-corrected chi connectivity index (χ4v) is 1.92. The summed E-state index contributed by atoms with van der Waals surface area (Å²) in [6, 6.07) is 11.2. The molecule has 0 atom stereocenters. The number of carbonyl (C=O) groups is 1. The highest BCUT2D eigenvalue weighted by atomic mass is 35.5. The Kier molecular flexibility index (Phi) is 4.58. The summed E-state index contributed by atoms with van der Waals surface area (Å²) in [4.78, 5) is 11.9. The van der Waals surface area contributed by atoms with Crippen LogP contribution < -0.4 is 11.1 Å². The van der Waals surface area contributed by atoms with E-state index in [9.17, 15) is 9.18 Å². The zero-order valence-corrected chi connectivity index (χ0v) is 11.5. The van der Waals surface area contributed by atoms with E-state index in [0.29, 0.717) is 34.8 Å². The molecule has 5 heteroatoms. The molecule has 3 nitrogen and oxygen atoms in total. The molecule has 0 aliphatic rings. The molecular weight excluding hydrogens is 279 g/mol. The fourth-order valence-electron chi connectivity index (χ4n) is 1.80. The summed E-state index contributed by atoms with van der Waals surface area (Å²) in [5.41, 5.74) is 7.00. The van der Waals surface area contributed by atoms with Crippen molar-refractivity contribution in [3.63, 3.8) is 0 Å². The maximum atomic E-state index is 13.4. The van der Waals surface area contributed by atoms with Crippen LogP contribution in [0.25, 0.3) is 0 Å². The summed E-state index contributed by atoms with van der Waals surface area (Å²) in [6.45, 7) is 0.350. The van der Waals surface area contributed by atoms with Gasteiger partial charge in [-0.1, -0.05) is 29.8 Å². The minimum atomic E-state index is -0.266. The van der Waals surface area contributed by atoms with E-state index < -0.39 is 0 Å². The van der Waals surface area contributed by atoms with Gasteiger partial charge >= 0.3 is 0 Å². The van der Waals surface area contributed by atoms with Gasteiger partial charge in [-0.3, -0.25) is 4.79 Å². The largest absolute Gasteiger partial charge is 0.398 e. The van der Waals surface area contributed by atoms with Crippen molar-refractivity contribution in [1.82, 2.24) is 5.32 Å². The second kappa shape index (κ2) is 6.39. The number of benzene rings is 2. The minimum absolute atomic E-state index is 0.260. The van der Waals surface area contributed by atoms with Gasteiger partial charge in [0.25, 0.3) is 5.91 Å². The number of hydrogen-bond donors (Lipinski definition) is 2. The van der Waals surface area contributed by atoms with Crippen molar-refractivity contribution in [2.45, 2.75) is 6.42 Å². The van der Waals surface area contributed by atoms with Crippen molar-refractivity contribution in [3.05, 3.63) is 64.4 Å². The molecule has 0 aliphatic heterocycles. The van der Waals surface area contributed by atoms with Gasteiger partial charge in [0, 0.05) is 12.1 Å². The van der Waals surface area contributed by atoms with Crippen LogP contribution in [0.5, 0.6) is 0 Å². The molecule has 0 bridgehead atoms. The fraction of sp³-hybridized carbons (Fsp3) is 0.133. The van der Waals surface area contributed by atoms with Crippen LogP contribution in [0, 0.1) is 5.82 Å². The average molecular weight is 293 g/mol. The number of halogens is 2. The molecule has 0 radical (unpaired) electrons. The summed E-state index contributed by atoms with van der Waals surface area (Å²) in [7, 11) is 0. The monoisotopic (exact) mass is 292 g/mol. The number of anilines is 1. The minimum Gasteiger partial charge on any atom is -0.398 e. The molecule has 1 amide bonds. The standard InChI is InChI=1S/C15H14ClFN2O/c16-12-6-5-11(9-14(12)18)15(20)19-8-7-10-3-1-2-4-13(10)17/h1-6,9H,7-8,18H2,(H,19,20). The molecule has 0 heterocycles. The predicted molar refractivity (Wildman–Crippen MR) is 78.3 cm³/mol. The van der Waals surface area contributed by atoms with Crippen LogP contribution in [-0.4, -0.2) is 12.5 Å². The first kappa shape index (κ1) is 14.3. The molecule has 0 saturated heterocycles. The smallest absolute Gasteiger partial charge is 0.251 e. The van der Waals surface area contributed by atoms with E-state index in [-0.39, 0.29) is 11.7 Å². The zero-order chi connectivity index (χ0) is 14.5. The van der Waals surface area contributed by atoms with Crippen LogP contribution in [0.15, 0.2) is 42.5 Å². The van der Waals surface area contributed by atoms with Gasteiger partial charge < -0.3 is 11.1 Å². The molecule has 104 valence electrons. The normalized spacial score (nSPS) is 10.3. The SMILES string of the molecule is Nc1cc(C(=O)NCCc2ccccc2F)ccc1Cl. The van der Waals surface area contributed by atoms with Gasteiger partial charge in [-0.05, 0) is 36.2 Å². The molecule has 0 spiro atoms. The maximum absolute atomic E-state index is 13.4. The summed E-state index contributed by atoms with van der Waals surface area (Å²) in [6.07, 6.45) is 0.432. The van der Waals surface area contributed by atoms with Crippen LogP contribution >= 0.6 is 11.6 Å². The van der Waals surface area contributed by atoms with Gasteiger partial charge in [0.2, 0.25) is 0 Å². The van der Waals surface area contributed by atoms with Crippen LogP contribution in [0.1, 0.15) is 15.9 Å². The molecule has 0 unspecified atom stereocenters. The molecule has 20 heavy (non-hydrogen) atoms. The van der Waals surface area contributed by atoms with Gasteiger partial charge in [-0.15, -0.1) is 0 Å². The lowest BCUT2D eigenvalue weighted by atomic mass is 10.1. The van der Waals surface area contributed by atoms with Crippen molar-refractivity contribution in [2.24, 2.45) is 0 Å². The zero-order valence-electron chi connectivity index (χ0n) is 10.7. The third-order valence-electron chi connectivity index (χ3n) is 2.90. The second-order valence-corrected chi connectivity index (χ2v) is 4.74. The van der Waals surface area contributed by atoms with E-state index in [1.165, 1.54) is 12.1 Å². The van der Waals surface area contributed by atoms with E-state index in [2.05, 4.69) is 5.32 Å². The van der Waals surface area contributed by atoms with E-state index in [4.69, 9.17) is 17.3 Å². The predicted octanol–water partition coefficient (Wildman–Crippen LogP) is 3.03. The van der Waals surface area contributed by atoms with Gasteiger partial charge in [0.05, 0.1) is 10.7 Å². The molecule has 2 aromatic rings. The lowest BCUT2D eigenvalue weighted by Crippen LogP contribution is -2.26. The molecular formula is C15H14ClFN2O. The molecule has 3 N–H and O–H groups in total. The van der Waals surface area contributed by atoms with Gasteiger partial charge in [0.1, 0.15) is 5.82 Å². The third-order valence-corrected chi connectivity index (χ3v) is 3.24. The molecule has 2 rings (SSSR count). The first-order chi connectivity index (χ1) is 9.58. The van der Waals surface area contributed by atoms with Crippen LogP contribution in [0.2, 0.25) is 5.02 Å². The topological polar surface area (TPSA) is 55.1 Å². The lowest BCUT2D eigenvalue weighted by molar-refractivity contribution is 0.0954. The van der Waals surface area contributed by atoms with Crippen LogP contribution in [0.3, 0.4) is 0 Å². The van der Waals surface area contributed by atoms with E-state index >= 15 is 0 Å². The van der Waals surface area contributed by atoms with E-state index in [1.54, 1.807) is 30.3 Å². The molecule has 0 saturated carbocycles. The Labute approximate surface area is 121 Å². The summed E-state index contributed by atoms with van der Waals surface area (Å²) in [5, 5.41) is 3.13. The number of amides is 1. The lowest BCUT2D eigenvalue weighted by Gasteiger charge is -2.07. The van der Waals surface area contributed by atoms with E-state index in [1.807, 2.05) is 0 Å². The van der Waals surface area contributed by atoms with Crippen molar-refractivity contribution < 1.29 is 9.18 Å². The Morgan fingerprint density at radius 1 is 1.25 bits per heavy atom. The van der Waals surface area contributed by atoms with E-state index in [0.717, 1.165) is 0 Å². The Hall–Kier alpha value is -2.07. The Balaban J connectivity index is 1.92. The molecule has 0 fully saturated rings. The molecule has 0 aromatic heterocycles. The van der Waals surface area contributed by atoms with Gasteiger partial charge in [-0.2, -0.15) is 0 Å². The van der Waals surface area contributed by atoms with Crippen molar-refractivity contribution in [1.29, 1.82) is 0 Å². The van der Waals surface area contributed by atoms with Crippen molar-refractivity contribution >= 4 is 23.2 Å². The number of nitrogens with two attached hydrogens (primary N) is 1. The maximum Gasteiger partial charge on any atom is 0.251 e. The number of hydrogen-bond acceptors (Lipinski definition) is 2. The summed E-state index contributed by atoms with van der Waals surface area (Å²) < 4.78 is 13.4. The Morgan fingerprint density at radius 3 is 2.70 bits per heavy atom. The highest BCUT2D eigenvalue weighted by Crippen LogP contribution is 2.19. The summed E-state index contributed by atoms with van der Waals surface area (Å²) in [5.74, 6) is -0.526. The van der Waals surface area contributed by atoms with Gasteiger partial charge in [0.15, 0.2) is 0 Å². The number of nitrogen functional groups attached to an aromatic ring is 1. The first-order valence-corrected chi connectivity index (χ1v) is 6.52. The Bertz CT molecular complexity index is 631. The summed E-state index contributed by atoms with van der Waals surface area (Å²) >= 11 is 5.79. The first-order valence-electron chi connectivity index (χ1n) is 6.14. The molecule has 2 aromatic carbocycles. The number of nitrogens with one attached hydrogen (secondary N) is 1. The second-order valence-electron chi connectivity index (χ2n) is 4.33.